The van der Waals surface area contributed by atoms with Gasteiger partial charge < -0.3 is 0 Å². The van der Waals surface area contributed by atoms with Crippen molar-refractivity contribution in [2.24, 2.45) is 0 Å². The maximum atomic E-state index is 14.5. The van der Waals surface area contributed by atoms with Crippen LogP contribution in [0.4, 0.5) is 8.78 Å². The van der Waals surface area contributed by atoms with Gasteiger partial charge in [-0.1, -0.05) is 62.4 Å². The Bertz CT molecular complexity index is 924. The molecule has 0 N–H and O–H groups in total. The molecule has 27 heavy (non-hydrogen) atoms. The summed E-state index contributed by atoms with van der Waals surface area (Å²) in [6.07, 6.45) is 1.57. The molecule has 0 spiro atoms. The first-order valence-corrected chi connectivity index (χ1v) is 9.67. The number of hydrogen-bond acceptors (Lipinski definition) is 0. The lowest BCUT2D eigenvalue weighted by Gasteiger charge is -2.35. The Labute approximate surface area is 159 Å². The highest BCUT2D eigenvalue weighted by molar-refractivity contribution is 5.46. The fourth-order valence-electron chi connectivity index (χ4n) is 4.38. The van der Waals surface area contributed by atoms with Crippen LogP contribution in [-0.2, 0) is 6.42 Å². The van der Waals surface area contributed by atoms with Crippen molar-refractivity contribution >= 4 is 0 Å². The lowest BCUT2D eigenvalue weighted by Crippen LogP contribution is -2.21. The molecule has 3 aromatic carbocycles. The van der Waals surface area contributed by atoms with Gasteiger partial charge in [-0.05, 0) is 70.7 Å². The SMILES string of the molecule is CC(C)c1ccc(C2c3cccc(F)c3CCC2c2ccc(F)cc2)cc1. The number of halogens is 2. The van der Waals surface area contributed by atoms with Gasteiger partial charge in [0.1, 0.15) is 11.6 Å². The van der Waals surface area contributed by atoms with Crippen LogP contribution in [0.3, 0.4) is 0 Å². The highest BCUT2D eigenvalue weighted by Crippen LogP contribution is 2.46. The average molecular weight is 362 g/mol. The van der Waals surface area contributed by atoms with Gasteiger partial charge in [0.15, 0.2) is 0 Å². The van der Waals surface area contributed by atoms with Crippen LogP contribution in [0.15, 0.2) is 66.7 Å². The molecule has 1 aliphatic rings. The zero-order valence-corrected chi connectivity index (χ0v) is 15.8. The molecule has 0 heterocycles. The molecule has 0 bridgehead atoms. The minimum absolute atomic E-state index is 0.0797. The van der Waals surface area contributed by atoms with Crippen LogP contribution in [0.2, 0.25) is 0 Å². The van der Waals surface area contributed by atoms with Crippen molar-refractivity contribution in [3.05, 3.63) is 106 Å². The third kappa shape index (κ3) is 3.41. The monoisotopic (exact) mass is 362 g/mol. The Morgan fingerprint density at radius 1 is 0.815 bits per heavy atom. The third-order valence-electron chi connectivity index (χ3n) is 5.86. The zero-order valence-electron chi connectivity index (χ0n) is 15.8. The smallest absolute Gasteiger partial charge is 0.126 e. The molecule has 0 saturated heterocycles. The minimum atomic E-state index is -0.223. The summed E-state index contributed by atoms with van der Waals surface area (Å²) < 4.78 is 27.9. The van der Waals surface area contributed by atoms with E-state index in [-0.39, 0.29) is 23.5 Å². The van der Waals surface area contributed by atoms with Crippen molar-refractivity contribution in [1.29, 1.82) is 0 Å². The molecule has 2 atom stereocenters. The van der Waals surface area contributed by atoms with E-state index in [4.69, 9.17) is 0 Å². The second kappa shape index (κ2) is 7.26. The van der Waals surface area contributed by atoms with Crippen molar-refractivity contribution in [1.82, 2.24) is 0 Å². The first kappa shape index (κ1) is 17.9. The number of benzene rings is 3. The summed E-state index contributed by atoms with van der Waals surface area (Å²) in [7, 11) is 0. The van der Waals surface area contributed by atoms with Crippen molar-refractivity contribution in [3.8, 4) is 0 Å². The summed E-state index contributed by atoms with van der Waals surface area (Å²) in [6, 6.07) is 20.9. The molecule has 2 heteroatoms. The topological polar surface area (TPSA) is 0 Å². The van der Waals surface area contributed by atoms with E-state index >= 15 is 0 Å². The molecule has 2 unspecified atom stereocenters. The quantitative estimate of drug-likeness (QED) is 0.473. The van der Waals surface area contributed by atoms with Crippen LogP contribution in [0.25, 0.3) is 0 Å². The van der Waals surface area contributed by atoms with Gasteiger partial charge in [-0.3, -0.25) is 0 Å². The molecule has 0 nitrogen and oxygen atoms in total. The maximum absolute atomic E-state index is 14.5. The number of hydrogen-bond donors (Lipinski definition) is 0. The van der Waals surface area contributed by atoms with E-state index in [1.165, 1.54) is 23.3 Å². The van der Waals surface area contributed by atoms with E-state index < -0.39 is 0 Å². The van der Waals surface area contributed by atoms with Gasteiger partial charge in [0, 0.05) is 5.92 Å². The predicted molar refractivity (Wildman–Crippen MR) is 106 cm³/mol. The normalized spacial score (nSPS) is 19.1. The summed E-state index contributed by atoms with van der Waals surface area (Å²) in [5, 5.41) is 0. The van der Waals surface area contributed by atoms with E-state index in [0.717, 1.165) is 23.1 Å². The lowest BCUT2D eigenvalue weighted by molar-refractivity contribution is 0.499. The molecule has 0 radical (unpaired) electrons. The van der Waals surface area contributed by atoms with Crippen LogP contribution in [0, 0.1) is 11.6 Å². The Morgan fingerprint density at radius 2 is 1.48 bits per heavy atom. The van der Waals surface area contributed by atoms with Gasteiger partial charge in [-0.15, -0.1) is 0 Å². The van der Waals surface area contributed by atoms with Gasteiger partial charge in [-0.25, -0.2) is 8.78 Å². The molecule has 0 fully saturated rings. The first-order valence-electron chi connectivity index (χ1n) is 9.67. The van der Waals surface area contributed by atoms with Crippen molar-refractivity contribution in [3.63, 3.8) is 0 Å². The van der Waals surface area contributed by atoms with Gasteiger partial charge in [0.05, 0.1) is 0 Å². The van der Waals surface area contributed by atoms with E-state index in [0.29, 0.717) is 12.3 Å². The fraction of sp³-hybridized carbons (Fsp3) is 0.280. The third-order valence-corrected chi connectivity index (χ3v) is 5.86. The molecular weight excluding hydrogens is 338 g/mol. The van der Waals surface area contributed by atoms with Crippen LogP contribution >= 0.6 is 0 Å². The largest absolute Gasteiger partial charge is 0.207 e. The molecule has 3 aromatic rings. The summed E-state index contributed by atoms with van der Waals surface area (Å²) in [5.41, 5.74) is 5.50. The standard InChI is InChI=1S/C25H24F2/c1-16(2)17-6-8-19(9-7-17)25-21(18-10-12-20(26)13-11-18)14-15-22-23(25)4-3-5-24(22)27/h3-13,16,21,25H,14-15H2,1-2H3. The van der Waals surface area contributed by atoms with Crippen molar-refractivity contribution in [2.45, 2.75) is 44.4 Å². The highest BCUT2D eigenvalue weighted by atomic mass is 19.1. The van der Waals surface area contributed by atoms with Crippen LogP contribution < -0.4 is 0 Å². The molecule has 138 valence electrons. The van der Waals surface area contributed by atoms with Gasteiger partial charge in [-0.2, -0.15) is 0 Å². The van der Waals surface area contributed by atoms with Gasteiger partial charge >= 0.3 is 0 Å². The van der Waals surface area contributed by atoms with E-state index in [9.17, 15) is 8.78 Å². The second-order valence-corrected chi connectivity index (χ2v) is 7.80. The molecule has 0 aromatic heterocycles. The minimum Gasteiger partial charge on any atom is -0.207 e. The summed E-state index contributed by atoms with van der Waals surface area (Å²) in [6.45, 7) is 4.36. The molecule has 0 saturated carbocycles. The molecular formula is C25H24F2. The van der Waals surface area contributed by atoms with Crippen LogP contribution in [-0.4, -0.2) is 0 Å². The van der Waals surface area contributed by atoms with E-state index in [2.05, 4.69) is 44.2 Å². The van der Waals surface area contributed by atoms with Crippen LogP contribution in [0.5, 0.6) is 0 Å². The fourth-order valence-corrected chi connectivity index (χ4v) is 4.38. The predicted octanol–water partition coefficient (Wildman–Crippen LogP) is 6.95. The van der Waals surface area contributed by atoms with Crippen LogP contribution in [0.1, 0.15) is 65.8 Å². The summed E-state index contributed by atoms with van der Waals surface area (Å²) in [5.74, 6) is 0.427. The Kier molecular flexibility index (Phi) is 4.82. The van der Waals surface area contributed by atoms with Crippen molar-refractivity contribution < 1.29 is 8.78 Å². The second-order valence-electron chi connectivity index (χ2n) is 7.80. The summed E-state index contributed by atoms with van der Waals surface area (Å²) >= 11 is 0. The average Bonchev–Trinajstić information content (AvgIpc) is 2.68. The van der Waals surface area contributed by atoms with Gasteiger partial charge in [0.2, 0.25) is 0 Å². The Hall–Kier alpha value is -2.48. The molecule has 0 aliphatic heterocycles. The Balaban J connectivity index is 1.83. The molecule has 1 aliphatic carbocycles. The lowest BCUT2D eigenvalue weighted by atomic mass is 9.69. The summed E-state index contributed by atoms with van der Waals surface area (Å²) in [4.78, 5) is 0. The first-order chi connectivity index (χ1) is 13.0. The number of fused-ring (bicyclic) bond motifs is 1. The zero-order chi connectivity index (χ0) is 19.0. The Morgan fingerprint density at radius 3 is 2.15 bits per heavy atom. The maximum Gasteiger partial charge on any atom is 0.126 e. The molecule has 0 amide bonds. The number of rotatable bonds is 3. The van der Waals surface area contributed by atoms with Gasteiger partial charge in [0.25, 0.3) is 0 Å². The highest BCUT2D eigenvalue weighted by Gasteiger charge is 2.33. The van der Waals surface area contributed by atoms with E-state index in [1.807, 2.05) is 12.1 Å². The van der Waals surface area contributed by atoms with Crippen molar-refractivity contribution in [2.75, 3.05) is 0 Å². The molecule has 4 rings (SSSR count). The van der Waals surface area contributed by atoms with E-state index in [1.54, 1.807) is 12.1 Å².